The Labute approximate surface area is 203 Å². The van der Waals surface area contributed by atoms with E-state index in [1.165, 1.54) is 5.56 Å². The van der Waals surface area contributed by atoms with E-state index in [4.69, 9.17) is 0 Å². The molecule has 1 aliphatic carbocycles. The van der Waals surface area contributed by atoms with E-state index in [1.807, 2.05) is 72.2 Å². The van der Waals surface area contributed by atoms with Crippen LogP contribution < -0.4 is 5.56 Å². The van der Waals surface area contributed by atoms with Crippen LogP contribution in [0.4, 0.5) is 0 Å². The first-order valence-corrected chi connectivity index (χ1v) is 12.1. The summed E-state index contributed by atoms with van der Waals surface area (Å²) >= 11 is 0. The number of pyridine rings is 1. The van der Waals surface area contributed by atoms with Crippen LogP contribution in [-0.4, -0.2) is 4.57 Å². The van der Waals surface area contributed by atoms with Crippen LogP contribution in [-0.2, 0) is 12.8 Å². The SMILES string of the molecule is C=Cc1cc2c(c(=O)n1C(c1ccccc1)c1ccccc1)CC(CC(=C)/C=C\C=C/C)CC2. The molecule has 0 spiro atoms. The highest BCUT2D eigenvalue weighted by Gasteiger charge is 2.27. The molecule has 1 heterocycles. The first-order chi connectivity index (χ1) is 16.6. The molecule has 2 aromatic carbocycles. The summed E-state index contributed by atoms with van der Waals surface area (Å²) in [6.45, 7) is 10.3. The summed E-state index contributed by atoms with van der Waals surface area (Å²) in [4.78, 5) is 14.1. The summed E-state index contributed by atoms with van der Waals surface area (Å²) in [6, 6.07) is 22.5. The average molecular weight is 448 g/mol. The molecule has 0 saturated carbocycles. The van der Waals surface area contributed by atoms with Gasteiger partial charge >= 0.3 is 0 Å². The first kappa shape index (κ1) is 23.5. The quantitative estimate of drug-likeness (QED) is 0.332. The molecule has 0 saturated heterocycles. The second kappa shape index (κ2) is 11.0. The van der Waals surface area contributed by atoms with Gasteiger partial charge in [-0.1, -0.05) is 104 Å². The van der Waals surface area contributed by atoms with Gasteiger partial charge in [0.15, 0.2) is 0 Å². The van der Waals surface area contributed by atoms with Gasteiger partial charge in [-0.15, -0.1) is 0 Å². The van der Waals surface area contributed by atoms with Crippen LogP contribution in [0, 0.1) is 5.92 Å². The van der Waals surface area contributed by atoms with Crippen molar-refractivity contribution in [2.75, 3.05) is 0 Å². The van der Waals surface area contributed by atoms with Crippen molar-refractivity contribution in [3.05, 3.63) is 148 Å². The largest absolute Gasteiger partial charge is 0.297 e. The van der Waals surface area contributed by atoms with E-state index in [9.17, 15) is 4.79 Å². The normalized spacial score (nSPS) is 15.6. The van der Waals surface area contributed by atoms with Gasteiger partial charge in [0.1, 0.15) is 0 Å². The Kier molecular flexibility index (Phi) is 7.59. The van der Waals surface area contributed by atoms with E-state index in [2.05, 4.69) is 49.6 Å². The summed E-state index contributed by atoms with van der Waals surface area (Å²) in [7, 11) is 0. The third kappa shape index (κ3) is 5.12. The van der Waals surface area contributed by atoms with E-state index in [0.29, 0.717) is 5.92 Å². The summed E-state index contributed by atoms with van der Waals surface area (Å²) in [6.07, 6.45) is 13.7. The van der Waals surface area contributed by atoms with E-state index in [1.54, 1.807) is 0 Å². The average Bonchev–Trinajstić information content (AvgIpc) is 2.87. The second-order valence-electron chi connectivity index (χ2n) is 9.03. The van der Waals surface area contributed by atoms with E-state index in [-0.39, 0.29) is 11.6 Å². The number of aromatic nitrogens is 1. The van der Waals surface area contributed by atoms with Gasteiger partial charge in [-0.25, -0.2) is 0 Å². The minimum absolute atomic E-state index is 0.102. The van der Waals surface area contributed by atoms with Gasteiger partial charge in [-0.2, -0.15) is 0 Å². The van der Waals surface area contributed by atoms with Crippen LogP contribution in [0.25, 0.3) is 6.08 Å². The number of fused-ring (bicyclic) bond motifs is 1. The zero-order valence-electron chi connectivity index (χ0n) is 20.0. The summed E-state index contributed by atoms with van der Waals surface area (Å²) in [5, 5.41) is 0. The molecule has 2 nitrogen and oxygen atoms in total. The molecule has 0 radical (unpaired) electrons. The molecule has 34 heavy (non-hydrogen) atoms. The molecule has 0 fully saturated rings. The number of aryl methyl sites for hydroxylation is 1. The molecular formula is C32H33NO. The lowest BCUT2D eigenvalue weighted by Crippen LogP contribution is -2.34. The lowest BCUT2D eigenvalue weighted by Gasteiger charge is -2.29. The zero-order valence-corrected chi connectivity index (χ0v) is 20.0. The second-order valence-corrected chi connectivity index (χ2v) is 9.03. The Bertz CT molecular complexity index is 1220. The highest BCUT2D eigenvalue weighted by Crippen LogP contribution is 2.32. The number of rotatable bonds is 8. The molecule has 0 N–H and O–H groups in total. The number of benzene rings is 2. The van der Waals surface area contributed by atoms with Crippen LogP contribution in [0.1, 0.15) is 53.8 Å². The molecule has 2 heteroatoms. The van der Waals surface area contributed by atoms with Crippen molar-refractivity contribution < 1.29 is 0 Å². The minimum atomic E-state index is -0.202. The van der Waals surface area contributed by atoms with Crippen LogP contribution in [0.3, 0.4) is 0 Å². The standard InChI is InChI=1S/C32H33NO/c1-4-6-9-14-24(3)21-25-19-20-28-23-29(5-2)33(32(34)30(28)22-25)31(26-15-10-7-11-16-26)27-17-12-8-13-18-27/h4-18,23,25,31H,2-3,19-22H2,1H3/b6-4-,14-9-. The molecule has 3 aromatic rings. The van der Waals surface area contributed by atoms with Crippen LogP contribution in [0.5, 0.6) is 0 Å². The molecule has 1 aromatic heterocycles. The number of hydrogen-bond acceptors (Lipinski definition) is 1. The topological polar surface area (TPSA) is 22.0 Å². The smallest absolute Gasteiger partial charge is 0.255 e. The molecule has 0 bridgehead atoms. The zero-order chi connectivity index (χ0) is 23.9. The molecule has 172 valence electrons. The van der Waals surface area contributed by atoms with Gasteiger partial charge in [0, 0.05) is 11.3 Å². The van der Waals surface area contributed by atoms with Crippen molar-refractivity contribution in [3.8, 4) is 0 Å². The summed E-state index contributed by atoms with van der Waals surface area (Å²) in [5.74, 6) is 0.429. The maximum absolute atomic E-state index is 14.1. The van der Waals surface area contributed by atoms with Crippen LogP contribution in [0.2, 0.25) is 0 Å². The fraction of sp³-hybridized carbons (Fsp3) is 0.219. The third-order valence-corrected chi connectivity index (χ3v) is 6.66. The molecule has 4 rings (SSSR count). The Hall–Kier alpha value is -3.65. The lowest BCUT2D eigenvalue weighted by atomic mass is 9.81. The Morgan fingerprint density at radius 3 is 2.29 bits per heavy atom. The maximum Gasteiger partial charge on any atom is 0.255 e. The van der Waals surface area contributed by atoms with Gasteiger partial charge in [0.25, 0.3) is 5.56 Å². The van der Waals surface area contributed by atoms with E-state index >= 15 is 0 Å². The van der Waals surface area contributed by atoms with Crippen LogP contribution in [0.15, 0.2) is 115 Å². The van der Waals surface area contributed by atoms with Gasteiger partial charge in [0.2, 0.25) is 0 Å². The fourth-order valence-electron chi connectivity index (χ4n) is 5.03. The van der Waals surface area contributed by atoms with Gasteiger partial charge in [-0.05, 0) is 67.4 Å². The summed E-state index contributed by atoms with van der Waals surface area (Å²) in [5.41, 5.74) is 6.39. The highest BCUT2D eigenvalue weighted by molar-refractivity contribution is 5.49. The Morgan fingerprint density at radius 1 is 1.06 bits per heavy atom. The molecule has 0 amide bonds. The number of nitrogens with zero attached hydrogens (tertiary/aromatic N) is 1. The van der Waals surface area contributed by atoms with Gasteiger partial charge < -0.3 is 0 Å². The molecule has 0 aliphatic heterocycles. The van der Waals surface area contributed by atoms with Crippen molar-refractivity contribution in [3.63, 3.8) is 0 Å². The van der Waals surface area contributed by atoms with Crippen molar-refractivity contribution in [2.24, 2.45) is 5.92 Å². The fourth-order valence-corrected chi connectivity index (χ4v) is 5.03. The predicted octanol–water partition coefficient (Wildman–Crippen LogP) is 7.31. The molecule has 1 atom stereocenters. The van der Waals surface area contributed by atoms with E-state index < -0.39 is 0 Å². The maximum atomic E-state index is 14.1. The van der Waals surface area contributed by atoms with E-state index in [0.717, 1.165) is 53.6 Å². The van der Waals surface area contributed by atoms with Crippen molar-refractivity contribution in [1.29, 1.82) is 0 Å². The predicted molar refractivity (Wildman–Crippen MR) is 144 cm³/mol. The van der Waals surface area contributed by atoms with Gasteiger partial charge in [-0.3, -0.25) is 9.36 Å². The highest BCUT2D eigenvalue weighted by atomic mass is 16.1. The Balaban J connectivity index is 1.76. The Morgan fingerprint density at radius 2 is 1.71 bits per heavy atom. The minimum Gasteiger partial charge on any atom is -0.297 e. The summed E-state index contributed by atoms with van der Waals surface area (Å²) < 4.78 is 1.94. The van der Waals surface area contributed by atoms with Crippen molar-refractivity contribution in [2.45, 2.75) is 38.6 Å². The molecule has 1 aliphatic rings. The lowest BCUT2D eigenvalue weighted by molar-refractivity contribution is 0.450. The van der Waals surface area contributed by atoms with Crippen molar-refractivity contribution in [1.82, 2.24) is 4.57 Å². The van der Waals surface area contributed by atoms with Gasteiger partial charge in [0.05, 0.1) is 6.04 Å². The first-order valence-electron chi connectivity index (χ1n) is 12.1. The number of allylic oxidation sites excluding steroid dienone is 5. The number of hydrogen-bond donors (Lipinski definition) is 0. The molecule has 1 unspecified atom stereocenters. The third-order valence-electron chi connectivity index (χ3n) is 6.66. The molecular weight excluding hydrogens is 414 g/mol. The monoisotopic (exact) mass is 447 g/mol. The van der Waals surface area contributed by atoms with Crippen molar-refractivity contribution >= 4 is 6.08 Å². The van der Waals surface area contributed by atoms with Crippen LogP contribution >= 0.6 is 0 Å².